The van der Waals surface area contributed by atoms with Crippen LogP contribution in [-0.2, 0) is 0 Å². The van der Waals surface area contributed by atoms with Crippen LogP contribution in [0.15, 0.2) is 67.1 Å². The number of hydrogen-bond acceptors (Lipinski definition) is 4. The summed E-state index contributed by atoms with van der Waals surface area (Å²) in [5.41, 5.74) is 4.89. The van der Waals surface area contributed by atoms with Gasteiger partial charge in [-0.25, -0.2) is 9.97 Å². The molecule has 4 aromatic rings. The second-order valence-corrected chi connectivity index (χ2v) is 8.58. The molecule has 30 heavy (non-hydrogen) atoms. The zero-order chi connectivity index (χ0) is 21.3. The fourth-order valence-electron chi connectivity index (χ4n) is 3.27. The first kappa shape index (κ1) is 20.0. The van der Waals surface area contributed by atoms with Gasteiger partial charge in [0.1, 0.15) is 17.0 Å². The monoisotopic (exact) mass is 401 g/mol. The van der Waals surface area contributed by atoms with Gasteiger partial charge in [0.15, 0.2) is 0 Å². The SMILES string of the molecule is CC(C)Oc1ccc(-c2ccc3ncc(-c4ccc(OC(C)(C)C)cc4)n3c2)cn1. The van der Waals surface area contributed by atoms with E-state index < -0.39 is 0 Å². The van der Waals surface area contributed by atoms with Crippen LogP contribution in [0, 0.1) is 0 Å². The molecule has 154 valence electrons. The molecule has 0 unspecified atom stereocenters. The topological polar surface area (TPSA) is 48.7 Å². The van der Waals surface area contributed by atoms with Crippen molar-refractivity contribution in [1.82, 2.24) is 14.4 Å². The molecule has 0 atom stereocenters. The van der Waals surface area contributed by atoms with Gasteiger partial charge in [0.05, 0.1) is 18.0 Å². The molecule has 0 fully saturated rings. The molecular weight excluding hydrogens is 374 g/mol. The highest BCUT2D eigenvalue weighted by atomic mass is 16.5. The summed E-state index contributed by atoms with van der Waals surface area (Å²) in [5.74, 6) is 1.49. The number of fused-ring (bicyclic) bond motifs is 1. The standard InChI is InChI=1S/C25H27N3O2/c1-17(2)29-24-13-9-19(14-27-24)20-8-12-23-26-15-22(28(23)16-20)18-6-10-21(11-7-18)30-25(3,4)5/h6-17H,1-5H3. The van der Waals surface area contributed by atoms with Crippen molar-refractivity contribution in [2.24, 2.45) is 0 Å². The van der Waals surface area contributed by atoms with Crippen molar-refractivity contribution in [2.45, 2.75) is 46.3 Å². The van der Waals surface area contributed by atoms with Gasteiger partial charge in [-0.1, -0.05) is 0 Å². The Hall–Kier alpha value is -3.34. The maximum absolute atomic E-state index is 5.93. The van der Waals surface area contributed by atoms with Crippen molar-refractivity contribution in [1.29, 1.82) is 0 Å². The third-order valence-corrected chi connectivity index (χ3v) is 4.51. The van der Waals surface area contributed by atoms with Crippen LogP contribution < -0.4 is 9.47 Å². The fourth-order valence-corrected chi connectivity index (χ4v) is 3.27. The normalized spacial score (nSPS) is 11.8. The van der Waals surface area contributed by atoms with Gasteiger partial charge in [0, 0.05) is 35.2 Å². The van der Waals surface area contributed by atoms with Crippen molar-refractivity contribution in [2.75, 3.05) is 0 Å². The number of rotatable bonds is 5. The Labute approximate surface area is 177 Å². The predicted octanol–water partition coefficient (Wildman–Crippen LogP) is 6.03. The van der Waals surface area contributed by atoms with E-state index in [-0.39, 0.29) is 11.7 Å². The molecule has 3 aromatic heterocycles. The molecule has 3 heterocycles. The van der Waals surface area contributed by atoms with Crippen LogP contribution in [0.1, 0.15) is 34.6 Å². The second-order valence-electron chi connectivity index (χ2n) is 8.58. The van der Waals surface area contributed by atoms with Crippen LogP contribution in [0.3, 0.4) is 0 Å². The van der Waals surface area contributed by atoms with E-state index in [0.29, 0.717) is 5.88 Å². The second kappa shape index (κ2) is 7.82. The molecule has 5 nitrogen and oxygen atoms in total. The van der Waals surface area contributed by atoms with Gasteiger partial charge in [0.25, 0.3) is 0 Å². The van der Waals surface area contributed by atoms with Crippen LogP contribution in [0.5, 0.6) is 11.6 Å². The highest BCUT2D eigenvalue weighted by Crippen LogP contribution is 2.28. The molecule has 4 rings (SSSR count). The minimum absolute atomic E-state index is 0.105. The highest BCUT2D eigenvalue weighted by molar-refractivity contribution is 5.69. The maximum Gasteiger partial charge on any atom is 0.213 e. The molecule has 0 aliphatic heterocycles. The summed E-state index contributed by atoms with van der Waals surface area (Å²) >= 11 is 0. The van der Waals surface area contributed by atoms with Crippen molar-refractivity contribution in [3.8, 4) is 34.0 Å². The number of hydrogen-bond donors (Lipinski definition) is 0. The van der Waals surface area contributed by atoms with Crippen molar-refractivity contribution >= 4 is 5.65 Å². The average Bonchev–Trinajstić information content (AvgIpc) is 3.11. The number of benzene rings is 1. The minimum atomic E-state index is -0.219. The van der Waals surface area contributed by atoms with Crippen LogP contribution in [0.4, 0.5) is 0 Å². The fraction of sp³-hybridized carbons (Fsp3) is 0.280. The lowest BCUT2D eigenvalue weighted by molar-refractivity contribution is 0.131. The lowest BCUT2D eigenvalue weighted by Crippen LogP contribution is -2.22. The summed E-state index contributed by atoms with van der Waals surface area (Å²) in [7, 11) is 0. The van der Waals surface area contributed by atoms with Gasteiger partial charge >= 0.3 is 0 Å². The molecule has 0 N–H and O–H groups in total. The first-order valence-electron chi connectivity index (χ1n) is 10.2. The first-order chi connectivity index (χ1) is 14.3. The molecular formula is C25H27N3O2. The third kappa shape index (κ3) is 4.46. The molecule has 0 amide bonds. The molecule has 5 heteroatoms. The summed E-state index contributed by atoms with van der Waals surface area (Å²) < 4.78 is 13.7. The van der Waals surface area contributed by atoms with Crippen LogP contribution in [0.25, 0.3) is 28.0 Å². The van der Waals surface area contributed by atoms with Crippen molar-refractivity contribution < 1.29 is 9.47 Å². The van der Waals surface area contributed by atoms with E-state index in [1.807, 2.05) is 77.3 Å². The van der Waals surface area contributed by atoms with E-state index in [4.69, 9.17) is 9.47 Å². The lowest BCUT2D eigenvalue weighted by Gasteiger charge is -2.21. The zero-order valence-corrected chi connectivity index (χ0v) is 18.1. The van der Waals surface area contributed by atoms with Crippen molar-refractivity contribution in [3.05, 3.63) is 67.1 Å². The van der Waals surface area contributed by atoms with Crippen LogP contribution in [0.2, 0.25) is 0 Å². The molecule has 0 bridgehead atoms. The predicted molar refractivity (Wildman–Crippen MR) is 120 cm³/mol. The first-order valence-corrected chi connectivity index (χ1v) is 10.2. The number of nitrogens with zero attached hydrogens (tertiary/aromatic N) is 3. The molecule has 0 spiro atoms. The van der Waals surface area contributed by atoms with Crippen LogP contribution in [-0.4, -0.2) is 26.1 Å². The van der Waals surface area contributed by atoms with Crippen molar-refractivity contribution in [3.63, 3.8) is 0 Å². The summed E-state index contributed by atoms with van der Waals surface area (Å²) in [6, 6.07) is 16.2. The Morgan fingerprint density at radius 1 is 0.800 bits per heavy atom. The largest absolute Gasteiger partial charge is 0.488 e. The van der Waals surface area contributed by atoms with E-state index in [1.54, 1.807) is 0 Å². The van der Waals surface area contributed by atoms with Gasteiger partial charge in [-0.15, -0.1) is 0 Å². The Morgan fingerprint density at radius 2 is 1.50 bits per heavy atom. The molecule has 0 radical (unpaired) electrons. The quantitative estimate of drug-likeness (QED) is 0.410. The third-order valence-electron chi connectivity index (χ3n) is 4.51. The minimum Gasteiger partial charge on any atom is -0.488 e. The number of imidazole rings is 1. The number of aromatic nitrogens is 3. The highest BCUT2D eigenvalue weighted by Gasteiger charge is 2.13. The van der Waals surface area contributed by atoms with Gasteiger partial charge < -0.3 is 9.47 Å². The molecule has 0 aliphatic carbocycles. The van der Waals surface area contributed by atoms with E-state index in [2.05, 4.69) is 38.8 Å². The molecule has 0 aliphatic rings. The summed E-state index contributed by atoms with van der Waals surface area (Å²) in [5, 5.41) is 0. The van der Waals surface area contributed by atoms with E-state index in [1.165, 1.54) is 0 Å². The smallest absolute Gasteiger partial charge is 0.213 e. The maximum atomic E-state index is 5.93. The van der Waals surface area contributed by atoms with Crippen LogP contribution >= 0.6 is 0 Å². The average molecular weight is 402 g/mol. The Balaban J connectivity index is 1.65. The van der Waals surface area contributed by atoms with Gasteiger partial charge in [-0.2, -0.15) is 0 Å². The Bertz CT molecular complexity index is 1140. The van der Waals surface area contributed by atoms with E-state index >= 15 is 0 Å². The lowest BCUT2D eigenvalue weighted by atomic mass is 10.1. The Kier molecular flexibility index (Phi) is 5.20. The van der Waals surface area contributed by atoms with E-state index in [0.717, 1.165) is 33.8 Å². The zero-order valence-electron chi connectivity index (χ0n) is 18.1. The van der Waals surface area contributed by atoms with Gasteiger partial charge in [-0.3, -0.25) is 4.40 Å². The molecule has 0 saturated heterocycles. The van der Waals surface area contributed by atoms with Gasteiger partial charge in [-0.05, 0) is 77.1 Å². The summed E-state index contributed by atoms with van der Waals surface area (Å²) in [6.07, 6.45) is 5.94. The Morgan fingerprint density at radius 3 is 2.13 bits per heavy atom. The number of ether oxygens (including phenoxy) is 2. The molecule has 1 aromatic carbocycles. The summed E-state index contributed by atoms with van der Waals surface area (Å²) in [6.45, 7) is 10.1. The number of pyridine rings is 2. The summed E-state index contributed by atoms with van der Waals surface area (Å²) in [4.78, 5) is 8.98. The molecule has 0 saturated carbocycles. The van der Waals surface area contributed by atoms with Gasteiger partial charge in [0.2, 0.25) is 5.88 Å². The van der Waals surface area contributed by atoms with E-state index in [9.17, 15) is 0 Å².